The molecule has 1 N–H and O–H groups in total. The number of halogens is 3. The molecule has 0 amide bonds. The van der Waals surface area contributed by atoms with Gasteiger partial charge in [-0.1, -0.05) is 36.4 Å². The topological polar surface area (TPSA) is 81.4 Å². The molecule has 178 valence electrons. The summed E-state index contributed by atoms with van der Waals surface area (Å²) in [5.41, 5.74) is -3.10. The molecule has 4 aromatic rings. The van der Waals surface area contributed by atoms with Gasteiger partial charge in [-0.2, -0.15) is 13.2 Å². The molecule has 0 bridgehead atoms. The van der Waals surface area contributed by atoms with Crippen LogP contribution in [-0.4, -0.2) is 35.5 Å². The summed E-state index contributed by atoms with van der Waals surface area (Å²) in [7, 11) is -3.44. The molecule has 6 nitrogen and oxygen atoms in total. The number of aryl methyl sites for hydroxylation is 1. The molecule has 0 radical (unpaired) electrons. The minimum Gasteiger partial charge on any atom is -0.457 e. The fourth-order valence-corrected chi connectivity index (χ4v) is 4.42. The summed E-state index contributed by atoms with van der Waals surface area (Å²) in [5.74, 6) is -0.0318. The van der Waals surface area contributed by atoms with Crippen molar-refractivity contribution < 1.29 is 31.4 Å². The molecular formula is C24H21F3N2O4S. The van der Waals surface area contributed by atoms with Crippen LogP contribution in [0.15, 0.2) is 77.7 Å². The zero-order valence-electron chi connectivity index (χ0n) is 18.2. The van der Waals surface area contributed by atoms with Crippen LogP contribution in [0.3, 0.4) is 0 Å². The Morgan fingerprint density at radius 2 is 1.65 bits per heavy atom. The number of hydrogen-bond donors (Lipinski definition) is 1. The van der Waals surface area contributed by atoms with Crippen molar-refractivity contribution in [2.24, 2.45) is 0 Å². The Morgan fingerprint density at radius 1 is 0.971 bits per heavy atom. The largest absolute Gasteiger partial charge is 0.457 e. The molecule has 34 heavy (non-hydrogen) atoms. The van der Waals surface area contributed by atoms with Crippen LogP contribution in [-0.2, 0) is 22.0 Å². The molecule has 0 spiro atoms. The van der Waals surface area contributed by atoms with Gasteiger partial charge in [-0.25, -0.2) is 13.4 Å². The monoisotopic (exact) mass is 490 g/mol. The van der Waals surface area contributed by atoms with E-state index in [4.69, 9.17) is 4.74 Å². The Morgan fingerprint density at radius 3 is 2.26 bits per heavy atom. The van der Waals surface area contributed by atoms with Gasteiger partial charge in [0, 0.05) is 24.4 Å². The van der Waals surface area contributed by atoms with Crippen LogP contribution in [0.4, 0.5) is 13.2 Å². The number of alkyl halides is 3. The predicted octanol–water partition coefficient (Wildman–Crippen LogP) is 5.05. The highest BCUT2D eigenvalue weighted by Crippen LogP contribution is 2.44. The Kier molecular flexibility index (Phi) is 5.91. The maximum atomic E-state index is 14.2. The van der Waals surface area contributed by atoms with Gasteiger partial charge in [-0.05, 0) is 37.3 Å². The van der Waals surface area contributed by atoms with Crippen molar-refractivity contribution in [1.82, 2.24) is 9.55 Å². The molecule has 4 rings (SSSR count). The first-order chi connectivity index (χ1) is 15.9. The third-order valence-electron chi connectivity index (χ3n) is 5.43. The molecule has 0 aliphatic heterocycles. The first kappa shape index (κ1) is 23.8. The maximum Gasteiger partial charge on any atom is 0.428 e. The van der Waals surface area contributed by atoms with E-state index in [0.717, 1.165) is 6.26 Å². The number of rotatable bonds is 6. The average Bonchev–Trinajstić information content (AvgIpc) is 3.16. The summed E-state index contributed by atoms with van der Waals surface area (Å²) in [5, 5.41) is 11.0. The first-order valence-corrected chi connectivity index (χ1v) is 12.2. The van der Waals surface area contributed by atoms with Crippen LogP contribution in [0.1, 0.15) is 18.3 Å². The summed E-state index contributed by atoms with van der Waals surface area (Å²) in [6.07, 6.45) is -3.96. The van der Waals surface area contributed by atoms with Gasteiger partial charge < -0.3 is 14.4 Å². The maximum absolute atomic E-state index is 14.2. The average molecular weight is 491 g/mol. The van der Waals surface area contributed by atoms with Gasteiger partial charge in [0.25, 0.3) is 0 Å². The molecule has 0 saturated heterocycles. The normalized spacial score (nSPS) is 14.2. The van der Waals surface area contributed by atoms with E-state index < -0.39 is 27.4 Å². The molecule has 0 fully saturated rings. The van der Waals surface area contributed by atoms with Gasteiger partial charge in [-0.3, -0.25) is 0 Å². The van der Waals surface area contributed by atoms with E-state index in [1.165, 1.54) is 65.2 Å². The zero-order chi connectivity index (χ0) is 24.7. The Bertz CT molecular complexity index is 1450. The van der Waals surface area contributed by atoms with Crippen molar-refractivity contribution in [2.45, 2.75) is 30.1 Å². The predicted molar refractivity (Wildman–Crippen MR) is 121 cm³/mol. The van der Waals surface area contributed by atoms with Crippen molar-refractivity contribution in [1.29, 1.82) is 0 Å². The molecule has 0 aliphatic rings. The lowest BCUT2D eigenvalue weighted by Gasteiger charge is -2.30. The fourth-order valence-electron chi connectivity index (χ4n) is 3.77. The molecule has 10 heteroatoms. The van der Waals surface area contributed by atoms with Crippen LogP contribution in [0.2, 0.25) is 0 Å². The Hall–Kier alpha value is -3.37. The van der Waals surface area contributed by atoms with E-state index in [9.17, 15) is 26.7 Å². The number of ether oxygens (including phenoxy) is 1. The third kappa shape index (κ3) is 4.14. The molecule has 1 unspecified atom stereocenters. The number of aromatic nitrogens is 2. The zero-order valence-corrected chi connectivity index (χ0v) is 19.1. The van der Waals surface area contributed by atoms with Gasteiger partial charge >= 0.3 is 6.18 Å². The van der Waals surface area contributed by atoms with E-state index in [0.29, 0.717) is 5.52 Å². The lowest BCUT2D eigenvalue weighted by atomic mass is 9.92. The second-order valence-corrected chi connectivity index (χ2v) is 9.77. The van der Waals surface area contributed by atoms with Gasteiger partial charge in [0.05, 0.1) is 15.9 Å². The summed E-state index contributed by atoms with van der Waals surface area (Å²) < 4.78 is 73.4. The quantitative estimate of drug-likeness (QED) is 0.409. The molecule has 1 atom stereocenters. The van der Waals surface area contributed by atoms with Crippen molar-refractivity contribution >= 4 is 20.9 Å². The van der Waals surface area contributed by atoms with Crippen molar-refractivity contribution in [3.8, 4) is 11.5 Å². The van der Waals surface area contributed by atoms with E-state index in [1.807, 2.05) is 0 Å². The smallest absolute Gasteiger partial charge is 0.428 e. The van der Waals surface area contributed by atoms with E-state index >= 15 is 0 Å². The van der Waals surface area contributed by atoms with Crippen molar-refractivity contribution in [3.05, 3.63) is 84.2 Å². The molecule has 3 aromatic carbocycles. The number of nitrogens with zero attached hydrogens (tertiary/aromatic N) is 2. The lowest BCUT2D eigenvalue weighted by Crippen LogP contribution is -2.45. The molecule has 1 heterocycles. The summed E-state index contributed by atoms with van der Waals surface area (Å²) in [6, 6.07) is 17.2. The van der Waals surface area contributed by atoms with Crippen LogP contribution in [0.5, 0.6) is 11.5 Å². The summed E-state index contributed by atoms with van der Waals surface area (Å²) in [6.45, 7) is 1.75. The number of imidazole rings is 1. The van der Waals surface area contributed by atoms with Gasteiger partial charge in [0.15, 0.2) is 15.7 Å². The van der Waals surface area contributed by atoms with Crippen molar-refractivity contribution in [2.75, 3.05) is 6.26 Å². The number of hydrogen-bond acceptors (Lipinski definition) is 5. The summed E-state index contributed by atoms with van der Waals surface area (Å²) in [4.78, 5) is 4.23. The molecule has 1 aromatic heterocycles. The van der Waals surface area contributed by atoms with Crippen LogP contribution in [0.25, 0.3) is 11.0 Å². The van der Waals surface area contributed by atoms with E-state index in [-0.39, 0.29) is 34.0 Å². The number of benzene rings is 3. The third-order valence-corrected chi connectivity index (χ3v) is 6.54. The lowest BCUT2D eigenvalue weighted by molar-refractivity contribution is -0.252. The summed E-state index contributed by atoms with van der Waals surface area (Å²) >= 11 is 0. The van der Waals surface area contributed by atoms with Gasteiger partial charge in [-0.15, -0.1) is 0 Å². The second-order valence-electron chi connectivity index (χ2n) is 7.75. The minimum atomic E-state index is -5.03. The van der Waals surface area contributed by atoms with Crippen LogP contribution >= 0.6 is 0 Å². The second kappa shape index (κ2) is 8.44. The van der Waals surface area contributed by atoms with E-state index in [1.54, 1.807) is 19.1 Å². The molecule has 0 aliphatic carbocycles. The van der Waals surface area contributed by atoms with Gasteiger partial charge in [0.2, 0.25) is 5.60 Å². The SMILES string of the molecule is CCn1c(C(O)(c2ccccc2)C(F)(F)F)nc2ccc(Oc3cccc(S(C)(=O)=O)c3)cc21. The van der Waals surface area contributed by atoms with Crippen LogP contribution in [0, 0.1) is 0 Å². The number of aliphatic hydroxyl groups is 1. The number of sulfone groups is 1. The minimum absolute atomic E-state index is 0.0741. The molecular weight excluding hydrogens is 469 g/mol. The fraction of sp³-hybridized carbons (Fsp3) is 0.208. The van der Waals surface area contributed by atoms with E-state index in [2.05, 4.69) is 4.98 Å². The highest BCUT2D eigenvalue weighted by Gasteiger charge is 2.59. The van der Waals surface area contributed by atoms with Crippen molar-refractivity contribution in [3.63, 3.8) is 0 Å². The molecule has 0 saturated carbocycles. The Labute approximate surface area is 194 Å². The van der Waals surface area contributed by atoms with Crippen LogP contribution < -0.4 is 4.74 Å². The van der Waals surface area contributed by atoms with Gasteiger partial charge in [0.1, 0.15) is 11.5 Å². The number of fused-ring (bicyclic) bond motifs is 1. The first-order valence-electron chi connectivity index (χ1n) is 10.3. The highest BCUT2D eigenvalue weighted by atomic mass is 32.2. The Balaban J connectivity index is 1.83. The highest BCUT2D eigenvalue weighted by molar-refractivity contribution is 7.90. The standard InChI is InChI=1S/C24H21F3N2O4S/c1-3-29-21-15-18(33-17-10-7-11-19(14-17)34(2,31)32)12-13-20(21)28-22(29)23(30,24(25,26)27)16-8-5-4-6-9-16/h4-15,30H,3H2,1-2H3.